The third kappa shape index (κ3) is 6.34. The minimum atomic E-state index is -4.52. The highest BCUT2D eigenvalue weighted by Crippen LogP contribution is 2.36. The van der Waals surface area contributed by atoms with Crippen molar-refractivity contribution in [3.8, 4) is 0 Å². The Labute approximate surface area is 178 Å². The van der Waals surface area contributed by atoms with Gasteiger partial charge in [-0.3, -0.25) is 4.79 Å². The van der Waals surface area contributed by atoms with E-state index in [1.54, 1.807) is 18.3 Å². The Balaban J connectivity index is 1.57. The van der Waals surface area contributed by atoms with Crippen LogP contribution in [0.4, 0.5) is 35.2 Å². The molecular formula is C21H24F3N5O2. The van der Waals surface area contributed by atoms with Crippen LogP contribution >= 0.6 is 0 Å². The van der Waals surface area contributed by atoms with Gasteiger partial charge < -0.3 is 20.9 Å². The monoisotopic (exact) mass is 435 g/mol. The van der Waals surface area contributed by atoms with Gasteiger partial charge in [-0.2, -0.15) is 13.2 Å². The van der Waals surface area contributed by atoms with E-state index >= 15 is 0 Å². The van der Waals surface area contributed by atoms with Crippen molar-refractivity contribution < 1.29 is 22.8 Å². The van der Waals surface area contributed by atoms with Crippen molar-refractivity contribution in [1.82, 2.24) is 10.3 Å². The van der Waals surface area contributed by atoms with Crippen LogP contribution in [0.2, 0.25) is 0 Å². The molecule has 2 aromatic rings. The van der Waals surface area contributed by atoms with E-state index in [1.807, 2.05) is 11.8 Å². The van der Waals surface area contributed by atoms with Crippen LogP contribution in [0.5, 0.6) is 0 Å². The second-order valence-electron chi connectivity index (χ2n) is 7.32. The SMILES string of the molecule is Cc1ccc(NC(=O)CCNC(=O)Nc2cc(C(F)(F)F)ccc2N2CCCC2)nc1. The van der Waals surface area contributed by atoms with Crippen molar-refractivity contribution in [1.29, 1.82) is 0 Å². The Kier molecular flexibility index (Phi) is 6.98. The van der Waals surface area contributed by atoms with E-state index in [2.05, 4.69) is 20.9 Å². The molecule has 1 aromatic heterocycles. The Morgan fingerprint density at radius 3 is 2.48 bits per heavy atom. The lowest BCUT2D eigenvalue weighted by Crippen LogP contribution is -2.32. The zero-order chi connectivity index (χ0) is 22.4. The number of aryl methyl sites for hydroxylation is 1. The molecule has 1 fully saturated rings. The standard InChI is InChI=1S/C21H24F3N5O2/c1-14-4-7-18(26-13-14)28-19(30)8-9-25-20(31)27-16-12-15(21(22,23)24)5-6-17(16)29-10-2-3-11-29/h4-7,12-13H,2-3,8-11H2,1H3,(H2,25,27,31)(H,26,28,30). The molecule has 3 rings (SSSR count). The summed E-state index contributed by atoms with van der Waals surface area (Å²) in [6, 6.07) is 6.12. The van der Waals surface area contributed by atoms with Crippen LogP contribution in [0, 0.1) is 6.92 Å². The van der Waals surface area contributed by atoms with Crippen molar-refractivity contribution in [2.45, 2.75) is 32.4 Å². The molecule has 31 heavy (non-hydrogen) atoms. The number of benzene rings is 1. The number of rotatable bonds is 6. The highest BCUT2D eigenvalue weighted by Gasteiger charge is 2.32. The van der Waals surface area contributed by atoms with Gasteiger partial charge in [0.1, 0.15) is 5.82 Å². The normalized spacial score (nSPS) is 13.7. The molecule has 3 N–H and O–H groups in total. The summed E-state index contributed by atoms with van der Waals surface area (Å²) in [7, 11) is 0. The number of urea groups is 1. The maximum atomic E-state index is 13.1. The number of hydrogen-bond acceptors (Lipinski definition) is 4. The molecule has 0 aliphatic carbocycles. The van der Waals surface area contributed by atoms with Gasteiger partial charge in [0.15, 0.2) is 0 Å². The number of nitrogens with zero attached hydrogens (tertiary/aromatic N) is 2. The molecule has 1 saturated heterocycles. The molecule has 0 spiro atoms. The predicted molar refractivity (Wildman–Crippen MR) is 112 cm³/mol. The Morgan fingerprint density at radius 2 is 1.84 bits per heavy atom. The summed E-state index contributed by atoms with van der Waals surface area (Å²) in [6.45, 7) is 3.33. The van der Waals surface area contributed by atoms with Gasteiger partial charge in [-0.1, -0.05) is 6.07 Å². The summed E-state index contributed by atoms with van der Waals surface area (Å²) in [4.78, 5) is 30.2. The van der Waals surface area contributed by atoms with Gasteiger partial charge in [0.05, 0.1) is 16.9 Å². The van der Waals surface area contributed by atoms with E-state index in [9.17, 15) is 22.8 Å². The highest BCUT2D eigenvalue weighted by molar-refractivity contribution is 5.94. The van der Waals surface area contributed by atoms with Gasteiger partial charge in [0.2, 0.25) is 5.91 Å². The minimum absolute atomic E-state index is 0.00938. The number of nitrogens with one attached hydrogen (secondary N) is 3. The minimum Gasteiger partial charge on any atom is -0.370 e. The van der Waals surface area contributed by atoms with E-state index in [0.29, 0.717) is 11.5 Å². The number of carbonyl (C=O) groups is 2. The summed E-state index contributed by atoms with van der Waals surface area (Å²) < 4.78 is 39.3. The average Bonchev–Trinajstić information content (AvgIpc) is 3.23. The number of anilines is 3. The topological polar surface area (TPSA) is 86.4 Å². The summed E-state index contributed by atoms with van der Waals surface area (Å²) in [5.74, 6) is 0.0627. The van der Waals surface area contributed by atoms with Crippen molar-refractivity contribution in [3.05, 3.63) is 47.7 Å². The van der Waals surface area contributed by atoms with Crippen LogP contribution in [0.15, 0.2) is 36.5 Å². The van der Waals surface area contributed by atoms with Gasteiger partial charge in [-0.25, -0.2) is 9.78 Å². The predicted octanol–water partition coefficient (Wildman–Crippen LogP) is 4.16. The first kappa shape index (κ1) is 22.4. The molecule has 0 saturated carbocycles. The number of carbonyl (C=O) groups excluding carboxylic acids is 2. The molecular weight excluding hydrogens is 411 g/mol. The fraction of sp³-hybridized carbons (Fsp3) is 0.381. The summed E-state index contributed by atoms with van der Waals surface area (Å²) >= 11 is 0. The van der Waals surface area contributed by atoms with Crippen LogP contribution in [0.25, 0.3) is 0 Å². The quantitative estimate of drug-likeness (QED) is 0.636. The third-order valence-electron chi connectivity index (χ3n) is 4.84. The maximum absolute atomic E-state index is 13.1. The van der Waals surface area contributed by atoms with E-state index < -0.39 is 17.8 Å². The first-order valence-corrected chi connectivity index (χ1v) is 9.96. The average molecular weight is 435 g/mol. The van der Waals surface area contributed by atoms with E-state index in [0.717, 1.165) is 43.6 Å². The van der Waals surface area contributed by atoms with Crippen LogP contribution in [-0.2, 0) is 11.0 Å². The third-order valence-corrected chi connectivity index (χ3v) is 4.84. The number of halogens is 3. The molecule has 1 aromatic carbocycles. The summed E-state index contributed by atoms with van der Waals surface area (Å²) in [5.41, 5.74) is 0.751. The van der Waals surface area contributed by atoms with Crippen molar-refractivity contribution in [2.24, 2.45) is 0 Å². The zero-order valence-electron chi connectivity index (χ0n) is 17.1. The summed E-state index contributed by atoms with van der Waals surface area (Å²) in [6.07, 6.45) is -1.02. The maximum Gasteiger partial charge on any atom is 0.416 e. The molecule has 166 valence electrons. The first-order valence-electron chi connectivity index (χ1n) is 9.96. The number of aromatic nitrogens is 1. The number of pyridine rings is 1. The van der Waals surface area contributed by atoms with Gasteiger partial charge in [-0.05, 0) is 49.6 Å². The Hall–Kier alpha value is -3.30. The molecule has 10 heteroatoms. The Morgan fingerprint density at radius 1 is 1.10 bits per heavy atom. The number of hydrogen-bond donors (Lipinski definition) is 3. The van der Waals surface area contributed by atoms with Crippen molar-refractivity contribution >= 4 is 29.1 Å². The van der Waals surface area contributed by atoms with Gasteiger partial charge in [0.25, 0.3) is 0 Å². The molecule has 0 radical (unpaired) electrons. The van der Waals surface area contributed by atoms with E-state index in [-0.39, 0.29) is 24.6 Å². The molecule has 7 nitrogen and oxygen atoms in total. The second-order valence-corrected chi connectivity index (χ2v) is 7.32. The molecule has 1 aliphatic rings. The summed E-state index contributed by atoms with van der Waals surface area (Å²) in [5, 5.41) is 7.61. The Bertz CT molecular complexity index is 926. The zero-order valence-corrected chi connectivity index (χ0v) is 17.1. The van der Waals surface area contributed by atoms with Crippen molar-refractivity contribution in [2.75, 3.05) is 35.2 Å². The van der Waals surface area contributed by atoms with Crippen LogP contribution < -0.4 is 20.9 Å². The smallest absolute Gasteiger partial charge is 0.370 e. The van der Waals surface area contributed by atoms with Crippen LogP contribution in [0.3, 0.4) is 0 Å². The molecule has 1 aliphatic heterocycles. The van der Waals surface area contributed by atoms with Crippen molar-refractivity contribution in [3.63, 3.8) is 0 Å². The van der Waals surface area contributed by atoms with E-state index in [4.69, 9.17) is 0 Å². The fourth-order valence-corrected chi connectivity index (χ4v) is 3.25. The van der Waals surface area contributed by atoms with Gasteiger partial charge >= 0.3 is 12.2 Å². The van der Waals surface area contributed by atoms with Gasteiger partial charge in [-0.15, -0.1) is 0 Å². The van der Waals surface area contributed by atoms with Gasteiger partial charge in [0, 0.05) is 32.3 Å². The first-order chi connectivity index (χ1) is 14.7. The molecule has 2 heterocycles. The lowest BCUT2D eigenvalue weighted by molar-refractivity contribution is -0.137. The molecule has 0 bridgehead atoms. The molecule has 3 amide bonds. The highest BCUT2D eigenvalue weighted by atomic mass is 19.4. The lowest BCUT2D eigenvalue weighted by atomic mass is 10.1. The fourth-order valence-electron chi connectivity index (χ4n) is 3.25. The molecule has 0 unspecified atom stereocenters. The van der Waals surface area contributed by atoms with Crippen LogP contribution in [0.1, 0.15) is 30.4 Å². The largest absolute Gasteiger partial charge is 0.416 e. The van der Waals surface area contributed by atoms with E-state index in [1.165, 1.54) is 6.07 Å². The molecule has 0 atom stereocenters. The number of alkyl halides is 3. The number of amides is 3. The van der Waals surface area contributed by atoms with Crippen LogP contribution in [-0.4, -0.2) is 36.6 Å². The second kappa shape index (κ2) is 9.67. The lowest BCUT2D eigenvalue weighted by Gasteiger charge is -2.23.